The Hall–Kier alpha value is -1.64. The second-order valence-electron chi connectivity index (χ2n) is 5.97. The number of hydrogen-bond acceptors (Lipinski definition) is 3. The van der Waals surface area contributed by atoms with Gasteiger partial charge in [-0.25, -0.2) is 0 Å². The molecule has 0 saturated heterocycles. The number of allylic oxidation sites excluding steroid dienone is 1. The Bertz CT molecular complexity index is 476. The summed E-state index contributed by atoms with van der Waals surface area (Å²) in [6.07, 6.45) is 10.4. The van der Waals surface area contributed by atoms with Crippen molar-refractivity contribution in [2.24, 2.45) is 5.92 Å². The molecule has 1 aromatic rings. The first-order valence-electron chi connectivity index (χ1n) is 8.27. The third kappa shape index (κ3) is 4.43. The number of ether oxygens (including phenoxy) is 3. The monoisotopic (exact) mass is 304 g/mol. The van der Waals surface area contributed by atoms with Crippen LogP contribution in [0, 0.1) is 5.92 Å². The molecule has 0 bridgehead atoms. The Balaban J connectivity index is 2.12. The Morgan fingerprint density at radius 3 is 2.45 bits per heavy atom. The molecule has 2 rings (SSSR count). The molecule has 0 spiro atoms. The average Bonchev–Trinajstić information content (AvgIpc) is 2.58. The summed E-state index contributed by atoms with van der Waals surface area (Å²) in [7, 11) is 3.33. The van der Waals surface area contributed by atoms with Crippen LogP contribution < -0.4 is 14.2 Å². The van der Waals surface area contributed by atoms with Crippen molar-refractivity contribution in [1.82, 2.24) is 0 Å². The van der Waals surface area contributed by atoms with Gasteiger partial charge in [-0.2, -0.15) is 0 Å². The van der Waals surface area contributed by atoms with Crippen LogP contribution in [0.15, 0.2) is 24.8 Å². The highest BCUT2D eigenvalue weighted by Gasteiger charge is 2.18. The fourth-order valence-corrected chi connectivity index (χ4v) is 3.07. The minimum atomic E-state index is 0.668. The summed E-state index contributed by atoms with van der Waals surface area (Å²) in [4.78, 5) is 0. The van der Waals surface area contributed by atoms with Gasteiger partial charge in [-0.1, -0.05) is 25.3 Å². The largest absolute Gasteiger partial charge is 0.493 e. The second-order valence-corrected chi connectivity index (χ2v) is 5.97. The molecule has 0 aromatic heterocycles. The lowest BCUT2D eigenvalue weighted by molar-refractivity contribution is 0.200. The van der Waals surface area contributed by atoms with E-state index < -0.39 is 0 Å². The normalized spacial score (nSPS) is 15.4. The molecule has 0 atom stereocenters. The summed E-state index contributed by atoms with van der Waals surface area (Å²) in [6.45, 7) is 4.55. The fraction of sp³-hybridized carbons (Fsp3) is 0.579. The van der Waals surface area contributed by atoms with Crippen molar-refractivity contribution in [1.29, 1.82) is 0 Å². The molecule has 1 saturated carbocycles. The average molecular weight is 304 g/mol. The Morgan fingerprint density at radius 1 is 1.09 bits per heavy atom. The Kier molecular flexibility index (Phi) is 6.63. The topological polar surface area (TPSA) is 27.7 Å². The van der Waals surface area contributed by atoms with E-state index in [0.29, 0.717) is 11.7 Å². The van der Waals surface area contributed by atoms with Gasteiger partial charge in [0.25, 0.3) is 0 Å². The number of aryl methyl sites for hydroxylation is 1. The van der Waals surface area contributed by atoms with Crippen LogP contribution in [-0.2, 0) is 6.42 Å². The van der Waals surface area contributed by atoms with Crippen LogP contribution in [0.5, 0.6) is 17.2 Å². The van der Waals surface area contributed by atoms with Gasteiger partial charge in [-0.15, -0.1) is 6.58 Å². The summed E-state index contributed by atoms with van der Waals surface area (Å²) in [6, 6.07) is 4.10. The van der Waals surface area contributed by atoms with Gasteiger partial charge in [0.15, 0.2) is 11.5 Å². The zero-order valence-electron chi connectivity index (χ0n) is 13.9. The van der Waals surface area contributed by atoms with E-state index in [1.165, 1.54) is 37.7 Å². The molecule has 122 valence electrons. The third-order valence-corrected chi connectivity index (χ3v) is 4.34. The highest BCUT2D eigenvalue weighted by Crippen LogP contribution is 2.39. The van der Waals surface area contributed by atoms with Crippen molar-refractivity contribution >= 4 is 0 Å². The molecule has 0 unspecified atom stereocenters. The van der Waals surface area contributed by atoms with Crippen LogP contribution >= 0.6 is 0 Å². The van der Waals surface area contributed by atoms with Crippen LogP contribution in [0.4, 0.5) is 0 Å². The maximum atomic E-state index is 6.10. The number of methoxy groups -OCH3 is 2. The molecule has 0 N–H and O–H groups in total. The zero-order valence-corrected chi connectivity index (χ0v) is 13.9. The molecule has 0 aliphatic heterocycles. The van der Waals surface area contributed by atoms with Crippen molar-refractivity contribution in [2.75, 3.05) is 20.8 Å². The first-order valence-corrected chi connectivity index (χ1v) is 8.27. The number of rotatable bonds is 8. The number of hydrogen-bond donors (Lipinski definition) is 0. The predicted molar refractivity (Wildman–Crippen MR) is 90.1 cm³/mol. The lowest BCUT2D eigenvalue weighted by Gasteiger charge is -2.23. The van der Waals surface area contributed by atoms with Crippen molar-refractivity contribution < 1.29 is 14.2 Å². The van der Waals surface area contributed by atoms with Crippen LogP contribution in [0.3, 0.4) is 0 Å². The van der Waals surface area contributed by atoms with Crippen molar-refractivity contribution in [3.05, 3.63) is 30.4 Å². The van der Waals surface area contributed by atoms with Crippen LogP contribution in [0.1, 0.15) is 44.1 Å². The minimum absolute atomic E-state index is 0.668. The van der Waals surface area contributed by atoms with Gasteiger partial charge in [0.1, 0.15) is 0 Å². The molecule has 22 heavy (non-hydrogen) atoms. The first-order chi connectivity index (χ1) is 10.8. The molecule has 1 aliphatic carbocycles. The maximum Gasteiger partial charge on any atom is 0.203 e. The second kappa shape index (κ2) is 8.72. The van der Waals surface area contributed by atoms with E-state index in [4.69, 9.17) is 14.2 Å². The lowest BCUT2D eigenvalue weighted by Crippen LogP contribution is -2.15. The minimum Gasteiger partial charge on any atom is -0.493 e. The molecule has 0 radical (unpaired) electrons. The van der Waals surface area contributed by atoms with Crippen molar-refractivity contribution in [2.45, 2.75) is 44.9 Å². The maximum absolute atomic E-state index is 6.10. The molecule has 0 heterocycles. The van der Waals surface area contributed by atoms with Crippen molar-refractivity contribution in [3.8, 4) is 17.2 Å². The van der Waals surface area contributed by atoms with Gasteiger partial charge >= 0.3 is 0 Å². The molecule has 1 aliphatic rings. The van der Waals surface area contributed by atoms with Gasteiger partial charge < -0.3 is 14.2 Å². The highest BCUT2D eigenvalue weighted by molar-refractivity contribution is 5.54. The lowest BCUT2D eigenvalue weighted by atomic mass is 9.90. The molecule has 1 fully saturated rings. The van der Waals surface area contributed by atoms with Gasteiger partial charge in [-0.05, 0) is 49.3 Å². The summed E-state index contributed by atoms with van der Waals surface area (Å²) in [5.41, 5.74) is 1.19. The highest BCUT2D eigenvalue weighted by atomic mass is 16.5. The Morgan fingerprint density at radius 2 is 1.82 bits per heavy atom. The van der Waals surface area contributed by atoms with Crippen LogP contribution in [0.2, 0.25) is 0 Å². The summed E-state index contributed by atoms with van der Waals surface area (Å²) in [5, 5.41) is 0. The fourth-order valence-electron chi connectivity index (χ4n) is 3.07. The summed E-state index contributed by atoms with van der Waals surface area (Å²) in [5.74, 6) is 2.90. The van der Waals surface area contributed by atoms with Gasteiger partial charge in [0, 0.05) is 0 Å². The zero-order chi connectivity index (χ0) is 15.8. The van der Waals surface area contributed by atoms with E-state index in [1.807, 2.05) is 12.1 Å². The first kappa shape index (κ1) is 16.7. The smallest absolute Gasteiger partial charge is 0.203 e. The molecule has 0 amide bonds. The predicted octanol–water partition coefficient (Wildman–Crippen LogP) is 4.78. The van der Waals surface area contributed by atoms with Gasteiger partial charge in [-0.3, -0.25) is 0 Å². The molecule has 1 aromatic carbocycles. The van der Waals surface area contributed by atoms with E-state index in [-0.39, 0.29) is 0 Å². The molecule has 3 nitrogen and oxygen atoms in total. The van der Waals surface area contributed by atoms with Crippen LogP contribution in [0.25, 0.3) is 0 Å². The van der Waals surface area contributed by atoms with Gasteiger partial charge in [0.05, 0.1) is 20.8 Å². The van der Waals surface area contributed by atoms with E-state index in [0.717, 1.165) is 30.9 Å². The van der Waals surface area contributed by atoms with E-state index >= 15 is 0 Å². The molecular weight excluding hydrogens is 276 g/mol. The molecular formula is C19H28O3. The standard InChI is InChI=1S/C19H28O3/c1-4-5-9-16-12-17(20-2)19(21-3)18(13-16)22-14-15-10-7-6-8-11-15/h4,12-13,15H,1,5-11,14H2,2-3H3. The van der Waals surface area contributed by atoms with Crippen molar-refractivity contribution in [3.63, 3.8) is 0 Å². The number of benzene rings is 1. The summed E-state index contributed by atoms with van der Waals surface area (Å²) >= 11 is 0. The van der Waals surface area contributed by atoms with Crippen LogP contribution in [-0.4, -0.2) is 20.8 Å². The Labute approximate surface area is 134 Å². The SMILES string of the molecule is C=CCCc1cc(OC)c(OC)c(OCC2CCCCC2)c1. The van der Waals surface area contributed by atoms with E-state index in [1.54, 1.807) is 14.2 Å². The quantitative estimate of drug-likeness (QED) is 0.647. The third-order valence-electron chi connectivity index (χ3n) is 4.34. The van der Waals surface area contributed by atoms with Gasteiger partial charge in [0.2, 0.25) is 5.75 Å². The van der Waals surface area contributed by atoms with E-state index in [2.05, 4.69) is 12.6 Å². The van der Waals surface area contributed by atoms with E-state index in [9.17, 15) is 0 Å². The molecule has 3 heteroatoms. The summed E-state index contributed by atoms with van der Waals surface area (Å²) < 4.78 is 17.1.